The van der Waals surface area contributed by atoms with Gasteiger partial charge in [0, 0.05) is 10.6 Å². The number of carbonyl (C=O) groups is 1. The largest absolute Gasteiger partial charge is 0.497 e. The molecule has 0 fully saturated rings. The predicted octanol–water partition coefficient (Wildman–Crippen LogP) is 3.17. The Hall–Kier alpha value is -3.65. The van der Waals surface area contributed by atoms with Crippen molar-refractivity contribution in [2.24, 2.45) is 0 Å². The van der Waals surface area contributed by atoms with Gasteiger partial charge in [-0.15, -0.1) is 11.3 Å². The number of hydrogen-bond donors (Lipinski definition) is 1. The van der Waals surface area contributed by atoms with Gasteiger partial charge in [-0.05, 0) is 49.4 Å². The van der Waals surface area contributed by atoms with E-state index in [-0.39, 0.29) is 12.5 Å². The van der Waals surface area contributed by atoms with Gasteiger partial charge in [0.1, 0.15) is 17.1 Å². The van der Waals surface area contributed by atoms with Crippen molar-refractivity contribution in [2.75, 3.05) is 12.4 Å². The van der Waals surface area contributed by atoms with E-state index in [1.54, 1.807) is 61.7 Å². The van der Waals surface area contributed by atoms with Gasteiger partial charge in [0.15, 0.2) is 0 Å². The number of thiophene rings is 1. The lowest BCUT2D eigenvalue weighted by Gasteiger charge is -2.12. The zero-order valence-corrected chi connectivity index (χ0v) is 17.2. The molecule has 2 heterocycles. The highest BCUT2D eigenvalue weighted by molar-refractivity contribution is 7.18. The van der Waals surface area contributed by atoms with E-state index >= 15 is 0 Å². The lowest BCUT2D eigenvalue weighted by atomic mass is 10.3. The van der Waals surface area contributed by atoms with Crippen LogP contribution in [0.4, 0.5) is 5.69 Å². The van der Waals surface area contributed by atoms with Crippen LogP contribution in [0.25, 0.3) is 15.9 Å². The third kappa shape index (κ3) is 3.65. The fourth-order valence-corrected chi connectivity index (χ4v) is 4.22. The summed E-state index contributed by atoms with van der Waals surface area (Å²) in [6.07, 6.45) is 0. The first-order valence-electron chi connectivity index (χ1n) is 9.23. The predicted molar refractivity (Wildman–Crippen MR) is 118 cm³/mol. The molecule has 30 heavy (non-hydrogen) atoms. The Morgan fingerprint density at radius 3 is 2.43 bits per heavy atom. The van der Waals surface area contributed by atoms with Gasteiger partial charge in [0.2, 0.25) is 5.91 Å². The molecular formula is C22H19N3O4S. The minimum atomic E-state index is -0.551. The van der Waals surface area contributed by atoms with Crippen LogP contribution in [0.1, 0.15) is 4.88 Å². The number of rotatable bonds is 5. The molecule has 0 spiro atoms. The first-order valence-corrected chi connectivity index (χ1v) is 10.0. The number of carbonyl (C=O) groups excluding carboxylic acids is 1. The van der Waals surface area contributed by atoms with E-state index in [2.05, 4.69) is 5.32 Å². The van der Waals surface area contributed by atoms with Crippen molar-refractivity contribution in [3.05, 3.63) is 86.4 Å². The Labute approximate surface area is 175 Å². The molecule has 7 nitrogen and oxygen atoms in total. The van der Waals surface area contributed by atoms with Crippen LogP contribution in [-0.4, -0.2) is 22.2 Å². The van der Waals surface area contributed by atoms with E-state index in [0.29, 0.717) is 27.3 Å². The highest BCUT2D eigenvalue weighted by Crippen LogP contribution is 2.22. The minimum Gasteiger partial charge on any atom is -0.497 e. The van der Waals surface area contributed by atoms with Gasteiger partial charge < -0.3 is 10.1 Å². The maximum atomic E-state index is 13.2. The topological polar surface area (TPSA) is 82.3 Å². The molecule has 0 bridgehead atoms. The Morgan fingerprint density at radius 1 is 1.07 bits per heavy atom. The molecule has 0 saturated carbocycles. The average Bonchev–Trinajstić information content (AvgIpc) is 3.14. The number of hydrogen-bond acceptors (Lipinski definition) is 5. The van der Waals surface area contributed by atoms with Crippen LogP contribution >= 0.6 is 11.3 Å². The normalized spacial score (nSPS) is 10.9. The summed E-state index contributed by atoms with van der Waals surface area (Å²) in [4.78, 5) is 40.3. The smallest absolute Gasteiger partial charge is 0.337 e. The standard InChI is InChI=1S/C22H19N3O4S/c1-14-12-18-20(27)25(16-6-4-3-5-7-16)22(28)24(21(18)30-14)13-19(26)23-15-8-10-17(29-2)11-9-15/h3-12H,13H2,1-2H3,(H,23,26). The van der Waals surface area contributed by atoms with Gasteiger partial charge in [-0.3, -0.25) is 14.2 Å². The van der Waals surface area contributed by atoms with Crippen LogP contribution in [0, 0.1) is 6.92 Å². The second kappa shape index (κ2) is 8.00. The van der Waals surface area contributed by atoms with Crippen molar-refractivity contribution in [3.63, 3.8) is 0 Å². The molecule has 152 valence electrons. The highest BCUT2D eigenvalue weighted by atomic mass is 32.1. The number of amides is 1. The number of methoxy groups -OCH3 is 1. The molecule has 0 atom stereocenters. The Bertz CT molecular complexity index is 1340. The van der Waals surface area contributed by atoms with E-state index in [0.717, 1.165) is 9.44 Å². The third-order valence-corrected chi connectivity index (χ3v) is 5.70. The van der Waals surface area contributed by atoms with E-state index in [4.69, 9.17) is 4.74 Å². The summed E-state index contributed by atoms with van der Waals surface area (Å²) in [5, 5.41) is 3.19. The van der Waals surface area contributed by atoms with Crippen molar-refractivity contribution >= 4 is 33.1 Å². The second-order valence-electron chi connectivity index (χ2n) is 6.70. The summed E-state index contributed by atoms with van der Waals surface area (Å²) >= 11 is 1.32. The van der Waals surface area contributed by atoms with Gasteiger partial charge in [-0.1, -0.05) is 18.2 Å². The van der Waals surface area contributed by atoms with E-state index in [9.17, 15) is 14.4 Å². The fraction of sp³-hybridized carbons (Fsp3) is 0.136. The molecular weight excluding hydrogens is 402 g/mol. The van der Waals surface area contributed by atoms with Crippen LogP contribution in [0.15, 0.2) is 70.3 Å². The summed E-state index contributed by atoms with van der Waals surface area (Å²) in [5.41, 5.74) is 0.106. The van der Waals surface area contributed by atoms with Crippen molar-refractivity contribution in [1.82, 2.24) is 9.13 Å². The van der Waals surface area contributed by atoms with Crippen LogP contribution in [-0.2, 0) is 11.3 Å². The van der Waals surface area contributed by atoms with Gasteiger partial charge in [0.05, 0.1) is 18.2 Å². The zero-order chi connectivity index (χ0) is 21.3. The van der Waals surface area contributed by atoms with Crippen molar-refractivity contribution in [1.29, 1.82) is 0 Å². The first-order chi connectivity index (χ1) is 14.5. The van der Waals surface area contributed by atoms with E-state index in [1.807, 2.05) is 13.0 Å². The molecule has 2 aromatic heterocycles. The molecule has 0 unspecified atom stereocenters. The molecule has 2 aromatic carbocycles. The average molecular weight is 421 g/mol. The number of para-hydroxylation sites is 1. The lowest BCUT2D eigenvalue weighted by molar-refractivity contribution is -0.116. The van der Waals surface area contributed by atoms with Crippen LogP contribution in [0.3, 0.4) is 0 Å². The van der Waals surface area contributed by atoms with Crippen LogP contribution in [0.5, 0.6) is 5.75 Å². The molecule has 1 N–H and O–H groups in total. The molecule has 8 heteroatoms. The van der Waals surface area contributed by atoms with E-state index in [1.165, 1.54) is 15.9 Å². The summed E-state index contributed by atoms with van der Waals surface area (Å²) in [7, 11) is 1.57. The number of ether oxygens (including phenoxy) is 1. The Balaban J connectivity index is 1.77. The molecule has 1 amide bonds. The quantitative estimate of drug-likeness (QED) is 0.537. The number of nitrogens with one attached hydrogen (secondary N) is 1. The van der Waals surface area contributed by atoms with Gasteiger partial charge in [-0.25, -0.2) is 9.36 Å². The molecule has 0 radical (unpaired) electrons. The molecule has 4 aromatic rings. The maximum absolute atomic E-state index is 13.2. The molecule has 0 saturated heterocycles. The molecule has 0 aliphatic carbocycles. The van der Waals surface area contributed by atoms with Crippen LogP contribution < -0.4 is 21.3 Å². The summed E-state index contributed by atoms with van der Waals surface area (Å²) < 4.78 is 7.57. The lowest BCUT2D eigenvalue weighted by Crippen LogP contribution is -2.40. The molecule has 0 aliphatic heterocycles. The molecule has 4 rings (SSSR count). The highest BCUT2D eigenvalue weighted by Gasteiger charge is 2.18. The third-order valence-electron chi connectivity index (χ3n) is 4.63. The zero-order valence-electron chi connectivity index (χ0n) is 16.4. The maximum Gasteiger partial charge on any atom is 0.337 e. The Kier molecular flexibility index (Phi) is 5.24. The monoisotopic (exact) mass is 421 g/mol. The number of anilines is 1. The van der Waals surface area contributed by atoms with Crippen LogP contribution in [0.2, 0.25) is 0 Å². The minimum absolute atomic E-state index is 0.214. The summed E-state index contributed by atoms with van der Waals surface area (Å²) in [6, 6.07) is 17.4. The van der Waals surface area contributed by atoms with Gasteiger partial charge >= 0.3 is 5.69 Å². The number of nitrogens with zero attached hydrogens (tertiary/aromatic N) is 2. The SMILES string of the molecule is COc1ccc(NC(=O)Cn2c(=O)n(-c3ccccc3)c(=O)c3cc(C)sc32)cc1. The second-order valence-corrected chi connectivity index (χ2v) is 7.93. The number of benzene rings is 2. The van der Waals surface area contributed by atoms with Gasteiger partial charge in [0.25, 0.3) is 5.56 Å². The number of aromatic nitrogens is 2. The van der Waals surface area contributed by atoms with Crippen molar-refractivity contribution in [3.8, 4) is 11.4 Å². The summed E-state index contributed by atoms with van der Waals surface area (Å²) in [6.45, 7) is 1.65. The number of fused-ring (bicyclic) bond motifs is 1. The fourth-order valence-electron chi connectivity index (χ4n) is 3.23. The molecule has 0 aliphatic rings. The van der Waals surface area contributed by atoms with E-state index < -0.39 is 11.2 Å². The summed E-state index contributed by atoms with van der Waals surface area (Å²) in [5.74, 6) is 0.308. The van der Waals surface area contributed by atoms with Crippen molar-refractivity contribution in [2.45, 2.75) is 13.5 Å². The van der Waals surface area contributed by atoms with Gasteiger partial charge in [-0.2, -0.15) is 0 Å². The van der Waals surface area contributed by atoms with Crippen molar-refractivity contribution < 1.29 is 9.53 Å². The number of aryl methyl sites for hydroxylation is 1. The Morgan fingerprint density at radius 2 is 1.77 bits per heavy atom. The first kappa shape index (κ1) is 19.7.